The van der Waals surface area contributed by atoms with Crippen molar-refractivity contribution in [2.75, 3.05) is 6.54 Å². The average molecular weight is 335 g/mol. The number of nitrogens with zero attached hydrogens (tertiary/aromatic N) is 2. The molecule has 1 heterocycles. The van der Waals surface area contributed by atoms with Crippen LogP contribution < -0.4 is 5.32 Å². The first-order chi connectivity index (χ1) is 12.3. The molecule has 4 nitrogen and oxygen atoms in total. The third kappa shape index (κ3) is 4.47. The van der Waals surface area contributed by atoms with E-state index in [1.165, 1.54) is 11.1 Å². The number of aryl methyl sites for hydroxylation is 3. The number of rotatable bonds is 8. The molecule has 0 saturated heterocycles. The zero-order valence-corrected chi connectivity index (χ0v) is 14.7. The van der Waals surface area contributed by atoms with Crippen LogP contribution in [-0.2, 0) is 24.2 Å². The second-order valence-electron chi connectivity index (χ2n) is 6.21. The smallest absolute Gasteiger partial charge is 0.219 e. The van der Waals surface area contributed by atoms with Gasteiger partial charge in [-0.25, -0.2) is 4.98 Å². The number of nitrogens with one attached hydrogen (secondary N) is 1. The number of para-hydroxylation sites is 2. The first-order valence-electron chi connectivity index (χ1n) is 9.02. The van der Waals surface area contributed by atoms with Gasteiger partial charge in [0.25, 0.3) is 0 Å². The van der Waals surface area contributed by atoms with Gasteiger partial charge in [0, 0.05) is 25.9 Å². The van der Waals surface area contributed by atoms with Crippen LogP contribution in [0.3, 0.4) is 0 Å². The van der Waals surface area contributed by atoms with E-state index >= 15 is 0 Å². The predicted octanol–water partition coefficient (Wildman–Crippen LogP) is 3.74. The molecule has 130 valence electrons. The fourth-order valence-electron chi connectivity index (χ4n) is 3.05. The largest absolute Gasteiger partial charge is 0.356 e. The number of aromatic nitrogens is 2. The molecule has 0 bridgehead atoms. The van der Waals surface area contributed by atoms with Crippen molar-refractivity contribution in [1.82, 2.24) is 14.9 Å². The van der Waals surface area contributed by atoms with Crippen LogP contribution in [-0.4, -0.2) is 22.0 Å². The molecule has 0 spiro atoms. The van der Waals surface area contributed by atoms with Crippen molar-refractivity contribution < 1.29 is 4.79 Å². The molecule has 1 N–H and O–H groups in total. The Bertz CT molecular complexity index is 824. The zero-order chi connectivity index (χ0) is 17.5. The lowest BCUT2D eigenvalue weighted by Crippen LogP contribution is -2.23. The summed E-state index contributed by atoms with van der Waals surface area (Å²) in [7, 11) is 0. The molecule has 0 aliphatic rings. The maximum atomic E-state index is 11.4. The highest BCUT2D eigenvalue weighted by Gasteiger charge is 2.10. The first-order valence-corrected chi connectivity index (χ1v) is 9.02. The summed E-state index contributed by atoms with van der Waals surface area (Å²) in [5, 5.41) is 2.94. The zero-order valence-electron chi connectivity index (χ0n) is 14.7. The minimum Gasteiger partial charge on any atom is -0.356 e. The molecule has 0 atom stereocenters. The SMILES string of the molecule is CCC(=O)NCCCc1nc2ccccc2n1CCc1ccccc1. The fourth-order valence-corrected chi connectivity index (χ4v) is 3.05. The first kappa shape index (κ1) is 17.2. The summed E-state index contributed by atoms with van der Waals surface area (Å²) in [6.45, 7) is 3.49. The molecule has 25 heavy (non-hydrogen) atoms. The van der Waals surface area contributed by atoms with E-state index in [-0.39, 0.29) is 5.91 Å². The van der Waals surface area contributed by atoms with Crippen molar-refractivity contribution in [1.29, 1.82) is 0 Å². The van der Waals surface area contributed by atoms with Gasteiger partial charge in [-0.3, -0.25) is 4.79 Å². The Kier molecular flexibility index (Phi) is 5.83. The number of imidazole rings is 1. The van der Waals surface area contributed by atoms with Crippen molar-refractivity contribution >= 4 is 16.9 Å². The maximum Gasteiger partial charge on any atom is 0.219 e. The van der Waals surface area contributed by atoms with Gasteiger partial charge in [0.15, 0.2) is 0 Å². The lowest BCUT2D eigenvalue weighted by Gasteiger charge is -2.10. The molecule has 3 aromatic rings. The second kappa shape index (κ2) is 8.47. The highest BCUT2D eigenvalue weighted by atomic mass is 16.1. The van der Waals surface area contributed by atoms with Gasteiger partial charge in [0.2, 0.25) is 5.91 Å². The molecular weight excluding hydrogens is 310 g/mol. The van der Waals surface area contributed by atoms with Crippen molar-refractivity contribution in [2.24, 2.45) is 0 Å². The van der Waals surface area contributed by atoms with Gasteiger partial charge in [-0.15, -0.1) is 0 Å². The summed E-state index contributed by atoms with van der Waals surface area (Å²) in [6.07, 6.45) is 3.30. The molecule has 1 aromatic heterocycles. The van der Waals surface area contributed by atoms with Gasteiger partial charge in [-0.05, 0) is 30.5 Å². The Balaban J connectivity index is 1.71. The molecule has 0 fully saturated rings. The molecule has 0 saturated carbocycles. The number of carbonyl (C=O) groups excluding carboxylic acids is 1. The third-order valence-electron chi connectivity index (χ3n) is 4.42. The number of amides is 1. The topological polar surface area (TPSA) is 46.9 Å². The van der Waals surface area contributed by atoms with E-state index in [9.17, 15) is 4.79 Å². The monoisotopic (exact) mass is 335 g/mol. The van der Waals surface area contributed by atoms with Gasteiger partial charge in [0.05, 0.1) is 11.0 Å². The van der Waals surface area contributed by atoms with Crippen LogP contribution in [0.2, 0.25) is 0 Å². The Hall–Kier alpha value is -2.62. The van der Waals surface area contributed by atoms with E-state index in [2.05, 4.69) is 52.3 Å². The number of carbonyl (C=O) groups is 1. The minimum atomic E-state index is 0.109. The van der Waals surface area contributed by atoms with E-state index in [1.807, 2.05) is 19.1 Å². The predicted molar refractivity (Wildman–Crippen MR) is 102 cm³/mol. The van der Waals surface area contributed by atoms with Crippen LogP contribution in [0.5, 0.6) is 0 Å². The Morgan fingerprint density at radius 1 is 1.04 bits per heavy atom. The highest BCUT2D eigenvalue weighted by molar-refractivity contribution is 5.76. The standard InChI is InChI=1S/C21H25N3O/c1-2-21(25)22-15-8-13-20-23-18-11-6-7-12-19(18)24(20)16-14-17-9-4-3-5-10-17/h3-7,9-12H,2,8,13-16H2,1H3,(H,22,25). The quantitative estimate of drug-likeness (QED) is 0.638. The molecule has 1 amide bonds. The van der Waals surface area contributed by atoms with Gasteiger partial charge in [-0.1, -0.05) is 49.4 Å². The van der Waals surface area contributed by atoms with Gasteiger partial charge >= 0.3 is 0 Å². The van der Waals surface area contributed by atoms with E-state index in [4.69, 9.17) is 4.98 Å². The maximum absolute atomic E-state index is 11.4. The normalized spacial score (nSPS) is 10.9. The molecule has 0 aliphatic heterocycles. The van der Waals surface area contributed by atoms with E-state index < -0.39 is 0 Å². The van der Waals surface area contributed by atoms with Crippen LogP contribution in [0, 0.1) is 0 Å². The third-order valence-corrected chi connectivity index (χ3v) is 4.42. The number of hydrogen-bond acceptors (Lipinski definition) is 2. The molecule has 3 rings (SSSR count). The number of hydrogen-bond donors (Lipinski definition) is 1. The molecule has 0 radical (unpaired) electrons. The lowest BCUT2D eigenvalue weighted by atomic mass is 10.1. The van der Waals surface area contributed by atoms with E-state index in [0.29, 0.717) is 13.0 Å². The Morgan fingerprint density at radius 3 is 2.60 bits per heavy atom. The summed E-state index contributed by atoms with van der Waals surface area (Å²) in [5.74, 6) is 1.21. The van der Waals surface area contributed by atoms with Crippen LogP contribution in [0.15, 0.2) is 54.6 Å². The number of fused-ring (bicyclic) bond motifs is 1. The van der Waals surface area contributed by atoms with Crippen LogP contribution in [0.1, 0.15) is 31.2 Å². The van der Waals surface area contributed by atoms with E-state index in [1.54, 1.807) is 0 Å². The van der Waals surface area contributed by atoms with Gasteiger partial charge < -0.3 is 9.88 Å². The summed E-state index contributed by atoms with van der Waals surface area (Å²) < 4.78 is 2.32. The van der Waals surface area contributed by atoms with Crippen LogP contribution in [0.4, 0.5) is 0 Å². The summed E-state index contributed by atoms with van der Waals surface area (Å²) >= 11 is 0. The minimum absolute atomic E-state index is 0.109. The van der Waals surface area contributed by atoms with Crippen LogP contribution >= 0.6 is 0 Å². The molecular formula is C21H25N3O. The molecule has 2 aromatic carbocycles. The van der Waals surface area contributed by atoms with Gasteiger partial charge in [0.1, 0.15) is 5.82 Å². The summed E-state index contributed by atoms with van der Waals surface area (Å²) in [4.78, 5) is 16.2. The van der Waals surface area contributed by atoms with Crippen molar-refractivity contribution in [2.45, 2.75) is 39.2 Å². The summed E-state index contributed by atoms with van der Waals surface area (Å²) in [6, 6.07) is 18.8. The fraction of sp³-hybridized carbons (Fsp3) is 0.333. The van der Waals surface area contributed by atoms with Gasteiger partial charge in [-0.2, -0.15) is 0 Å². The number of benzene rings is 2. The Labute approximate surface area is 148 Å². The molecule has 4 heteroatoms. The molecule has 0 unspecified atom stereocenters. The highest BCUT2D eigenvalue weighted by Crippen LogP contribution is 2.18. The lowest BCUT2D eigenvalue weighted by molar-refractivity contribution is -0.120. The average Bonchev–Trinajstić information content (AvgIpc) is 3.01. The second-order valence-corrected chi connectivity index (χ2v) is 6.21. The Morgan fingerprint density at radius 2 is 1.80 bits per heavy atom. The molecule has 0 aliphatic carbocycles. The van der Waals surface area contributed by atoms with Crippen molar-refractivity contribution in [3.8, 4) is 0 Å². The van der Waals surface area contributed by atoms with E-state index in [0.717, 1.165) is 37.1 Å². The van der Waals surface area contributed by atoms with Crippen molar-refractivity contribution in [3.05, 3.63) is 66.0 Å². The van der Waals surface area contributed by atoms with Crippen molar-refractivity contribution in [3.63, 3.8) is 0 Å². The summed E-state index contributed by atoms with van der Waals surface area (Å²) in [5.41, 5.74) is 3.57. The van der Waals surface area contributed by atoms with Crippen LogP contribution in [0.25, 0.3) is 11.0 Å².